The summed E-state index contributed by atoms with van der Waals surface area (Å²) in [5.74, 6) is -0.302. The maximum Gasteiger partial charge on any atom is 0.321 e. The van der Waals surface area contributed by atoms with E-state index < -0.39 is 6.03 Å². The largest absolute Gasteiger partial charge is 0.338 e. The number of hydrogen-bond donors (Lipinski definition) is 3. The van der Waals surface area contributed by atoms with Crippen molar-refractivity contribution in [3.63, 3.8) is 0 Å². The van der Waals surface area contributed by atoms with Crippen LogP contribution in [0.4, 0.5) is 4.79 Å². The second-order valence-corrected chi connectivity index (χ2v) is 5.70. The van der Waals surface area contributed by atoms with Gasteiger partial charge in [-0.2, -0.15) is 0 Å². The Hall–Kier alpha value is -1.14. The van der Waals surface area contributed by atoms with E-state index in [1.54, 1.807) is 0 Å². The van der Waals surface area contributed by atoms with Crippen LogP contribution in [-0.4, -0.2) is 50.1 Å². The fourth-order valence-electron chi connectivity index (χ4n) is 1.69. The lowest BCUT2D eigenvalue weighted by Crippen LogP contribution is -2.46. The maximum atomic E-state index is 11.6. The molecular formula is C13H28N4O2. The quantitative estimate of drug-likeness (QED) is 0.562. The summed E-state index contributed by atoms with van der Waals surface area (Å²) in [5.41, 5.74) is 5.60. The summed E-state index contributed by atoms with van der Waals surface area (Å²) >= 11 is 0. The fourth-order valence-corrected chi connectivity index (χ4v) is 1.69. The molecule has 0 aliphatic rings. The number of urea groups is 1. The van der Waals surface area contributed by atoms with Crippen LogP contribution in [0.1, 0.15) is 33.6 Å². The topological polar surface area (TPSA) is 87.5 Å². The fraction of sp³-hybridized carbons (Fsp3) is 0.846. The molecule has 0 aliphatic carbocycles. The Kier molecular flexibility index (Phi) is 8.34. The minimum absolute atomic E-state index is 0.0432. The number of hydrogen-bond acceptors (Lipinski definition) is 4. The number of carbonyl (C=O) groups excluding carboxylic acids is 2. The molecule has 0 aromatic carbocycles. The van der Waals surface area contributed by atoms with E-state index in [1.165, 1.54) is 0 Å². The predicted octanol–water partition coefficient (Wildman–Crippen LogP) is 0.529. The molecule has 6 nitrogen and oxygen atoms in total. The van der Waals surface area contributed by atoms with Gasteiger partial charge in [0.2, 0.25) is 5.91 Å². The van der Waals surface area contributed by atoms with Crippen molar-refractivity contribution in [2.75, 3.05) is 33.2 Å². The second kappa shape index (κ2) is 8.87. The molecule has 0 saturated heterocycles. The van der Waals surface area contributed by atoms with E-state index in [0.29, 0.717) is 19.6 Å². The minimum Gasteiger partial charge on any atom is -0.338 e. The Balaban J connectivity index is 3.93. The molecule has 0 heterocycles. The smallest absolute Gasteiger partial charge is 0.321 e. The molecule has 0 unspecified atom stereocenters. The van der Waals surface area contributed by atoms with Gasteiger partial charge in [-0.3, -0.25) is 15.0 Å². The molecule has 0 spiro atoms. The van der Waals surface area contributed by atoms with Gasteiger partial charge >= 0.3 is 6.03 Å². The zero-order chi connectivity index (χ0) is 14.9. The van der Waals surface area contributed by atoms with Gasteiger partial charge in [-0.1, -0.05) is 27.2 Å². The summed E-state index contributed by atoms with van der Waals surface area (Å²) in [4.78, 5) is 24.9. The van der Waals surface area contributed by atoms with Crippen molar-refractivity contribution in [2.45, 2.75) is 33.6 Å². The molecule has 6 heteroatoms. The average Bonchev–Trinajstić information content (AvgIpc) is 2.28. The van der Waals surface area contributed by atoms with E-state index in [9.17, 15) is 9.59 Å². The average molecular weight is 272 g/mol. The number of nitrogens with zero attached hydrogens (tertiary/aromatic N) is 1. The molecule has 0 bridgehead atoms. The van der Waals surface area contributed by atoms with Crippen LogP contribution >= 0.6 is 0 Å². The Labute approximate surface area is 116 Å². The summed E-state index contributed by atoms with van der Waals surface area (Å²) in [7, 11) is 1.84. The zero-order valence-corrected chi connectivity index (χ0v) is 12.6. The number of carbonyl (C=O) groups is 2. The van der Waals surface area contributed by atoms with E-state index in [-0.39, 0.29) is 17.9 Å². The molecule has 0 aliphatic heterocycles. The maximum absolute atomic E-state index is 11.6. The molecule has 0 aromatic rings. The number of unbranched alkanes of at least 4 members (excludes halogenated alkanes) is 1. The first-order chi connectivity index (χ1) is 8.80. The molecule has 112 valence electrons. The highest BCUT2D eigenvalue weighted by atomic mass is 16.2. The van der Waals surface area contributed by atoms with E-state index in [2.05, 4.69) is 10.6 Å². The highest BCUT2D eigenvalue weighted by Crippen LogP contribution is 2.13. The predicted molar refractivity (Wildman–Crippen MR) is 76.8 cm³/mol. The van der Waals surface area contributed by atoms with E-state index in [1.807, 2.05) is 32.7 Å². The van der Waals surface area contributed by atoms with Crippen molar-refractivity contribution in [3.8, 4) is 0 Å². The van der Waals surface area contributed by atoms with Crippen molar-refractivity contribution < 1.29 is 9.59 Å². The lowest BCUT2D eigenvalue weighted by molar-refractivity contribution is -0.121. The molecule has 0 rings (SSSR count). The van der Waals surface area contributed by atoms with E-state index >= 15 is 0 Å². The molecule has 3 amide bonds. The molecule has 0 saturated carbocycles. The van der Waals surface area contributed by atoms with Gasteiger partial charge < -0.3 is 11.1 Å². The first-order valence-corrected chi connectivity index (χ1v) is 6.77. The van der Waals surface area contributed by atoms with Crippen molar-refractivity contribution >= 4 is 11.9 Å². The minimum atomic E-state index is -0.426. The van der Waals surface area contributed by atoms with E-state index in [4.69, 9.17) is 5.73 Å². The normalized spacial score (nSPS) is 11.5. The van der Waals surface area contributed by atoms with Crippen molar-refractivity contribution in [2.24, 2.45) is 11.1 Å². The third-order valence-corrected chi connectivity index (χ3v) is 2.73. The number of nitrogens with one attached hydrogen (secondary N) is 2. The van der Waals surface area contributed by atoms with Gasteiger partial charge in [0, 0.05) is 13.1 Å². The van der Waals surface area contributed by atoms with Gasteiger partial charge in [0.15, 0.2) is 0 Å². The molecule has 4 N–H and O–H groups in total. The van der Waals surface area contributed by atoms with Gasteiger partial charge in [-0.15, -0.1) is 0 Å². The lowest BCUT2D eigenvalue weighted by atomic mass is 9.93. The number of rotatable bonds is 8. The van der Waals surface area contributed by atoms with Gasteiger partial charge in [-0.05, 0) is 25.4 Å². The molecular weight excluding hydrogens is 244 g/mol. The summed E-state index contributed by atoms with van der Waals surface area (Å²) in [6, 6.07) is -0.426. The standard InChI is InChI=1S/C13H28N4O2/c1-5-6-7-15-12(19)16-11(18)8-17(4)10-13(2,3)9-14/h5-10,14H2,1-4H3,(H2,15,16,18,19). The molecule has 0 radical (unpaired) electrons. The van der Waals surface area contributed by atoms with Crippen LogP contribution < -0.4 is 16.4 Å². The van der Waals surface area contributed by atoms with Crippen LogP contribution in [0.3, 0.4) is 0 Å². The van der Waals surface area contributed by atoms with Gasteiger partial charge in [0.1, 0.15) is 0 Å². The summed E-state index contributed by atoms with van der Waals surface area (Å²) in [5, 5.41) is 4.95. The third kappa shape index (κ3) is 9.44. The lowest BCUT2D eigenvalue weighted by Gasteiger charge is -2.28. The first-order valence-electron chi connectivity index (χ1n) is 6.77. The zero-order valence-electron chi connectivity index (χ0n) is 12.6. The van der Waals surface area contributed by atoms with Crippen LogP contribution in [0, 0.1) is 5.41 Å². The van der Waals surface area contributed by atoms with Crippen LogP contribution in [0.25, 0.3) is 0 Å². The molecule has 0 fully saturated rings. The Bertz CT molecular complexity index is 292. The second-order valence-electron chi connectivity index (χ2n) is 5.70. The van der Waals surface area contributed by atoms with Crippen LogP contribution in [0.2, 0.25) is 0 Å². The van der Waals surface area contributed by atoms with Crippen molar-refractivity contribution in [1.29, 1.82) is 0 Å². The number of amides is 3. The van der Waals surface area contributed by atoms with Crippen LogP contribution in [0.5, 0.6) is 0 Å². The van der Waals surface area contributed by atoms with Crippen molar-refractivity contribution in [1.82, 2.24) is 15.5 Å². The first kappa shape index (κ1) is 17.9. The number of nitrogens with two attached hydrogens (primary N) is 1. The number of likely N-dealkylation sites (N-methyl/N-ethyl adjacent to an activating group) is 1. The molecule has 19 heavy (non-hydrogen) atoms. The third-order valence-electron chi connectivity index (χ3n) is 2.73. The SMILES string of the molecule is CCCCNC(=O)NC(=O)CN(C)CC(C)(C)CN. The Morgan fingerprint density at radius 1 is 1.32 bits per heavy atom. The summed E-state index contributed by atoms with van der Waals surface area (Å²) in [6.45, 7) is 8.15. The van der Waals surface area contributed by atoms with Crippen LogP contribution in [0.15, 0.2) is 0 Å². The highest BCUT2D eigenvalue weighted by molar-refractivity contribution is 5.95. The number of imide groups is 1. The van der Waals surface area contributed by atoms with Gasteiger partial charge in [0.05, 0.1) is 6.54 Å². The van der Waals surface area contributed by atoms with Crippen molar-refractivity contribution in [3.05, 3.63) is 0 Å². The molecule has 0 atom stereocenters. The Morgan fingerprint density at radius 3 is 2.47 bits per heavy atom. The van der Waals surface area contributed by atoms with Gasteiger partial charge in [-0.25, -0.2) is 4.79 Å². The van der Waals surface area contributed by atoms with Gasteiger partial charge in [0.25, 0.3) is 0 Å². The summed E-state index contributed by atoms with van der Waals surface area (Å²) < 4.78 is 0. The highest BCUT2D eigenvalue weighted by Gasteiger charge is 2.19. The monoisotopic (exact) mass is 272 g/mol. The summed E-state index contributed by atoms with van der Waals surface area (Å²) in [6.07, 6.45) is 1.91. The van der Waals surface area contributed by atoms with Crippen LogP contribution in [-0.2, 0) is 4.79 Å². The Morgan fingerprint density at radius 2 is 1.95 bits per heavy atom. The molecule has 0 aromatic heterocycles. The van der Waals surface area contributed by atoms with E-state index in [0.717, 1.165) is 12.8 Å².